The molecule has 0 aromatic heterocycles. The summed E-state index contributed by atoms with van der Waals surface area (Å²) in [5, 5.41) is 0. The molecule has 1 nitrogen and oxygen atoms in total. The van der Waals surface area contributed by atoms with Crippen molar-refractivity contribution in [3.05, 3.63) is 35.4 Å². The fraction of sp³-hybridized carbons (Fsp3) is 0.571. The first kappa shape index (κ1) is 10.7. The summed E-state index contributed by atoms with van der Waals surface area (Å²) >= 11 is 0. The van der Waals surface area contributed by atoms with E-state index in [-0.39, 0.29) is 0 Å². The van der Waals surface area contributed by atoms with Crippen molar-refractivity contribution in [2.75, 3.05) is 13.1 Å². The zero-order valence-electron chi connectivity index (χ0n) is 9.87. The third-order valence-electron chi connectivity index (χ3n) is 3.25. The van der Waals surface area contributed by atoms with Crippen LogP contribution in [0.15, 0.2) is 24.3 Å². The lowest BCUT2D eigenvalue weighted by atomic mass is 10.0. The van der Waals surface area contributed by atoms with Crippen molar-refractivity contribution in [2.24, 2.45) is 0 Å². The molecule has 0 atom stereocenters. The van der Waals surface area contributed by atoms with E-state index in [2.05, 4.69) is 43.0 Å². The molecule has 1 heteroatoms. The van der Waals surface area contributed by atoms with Gasteiger partial charge in [0.05, 0.1) is 0 Å². The van der Waals surface area contributed by atoms with Gasteiger partial charge in [-0.1, -0.05) is 38.1 Å². The van der Waals surface area contributed by atoms with Crippen molar-refractivity contribution >= 4 is 0 Å². The van der Waals surface area contributed by atoms with Crippen molar-refractivity contribution in [3.63, 3.8) is 0 Å². The van der Waals surface area contributed by atoms with Gasteiger partial charge in [0.2, 0.25) is 0 Å². The highest BCUT2D eigenvalue weighted by Crippen LogP contribution is 2.17. The second-order valence-electron chi connectivity index (χ2n) is 4.88. The van der Waals surface area contributed by atoms with E-state index in [0.717, 1.165) is 6.54 Å². The Balaban J connectivity index is 1.97. The Kier molecular flexibility index (Phi) is 3.42. The molecule has 0 amide bonds. The molecule has 0 N–H and O–H groups in total. The predicted octanol–water partition coefficient (Wildman–Crippen LogP) is 3.41. The van der Waals surface area contributed by atoms with Crippen molar-refractivity contribution in [2.45, 2.75) is 39.2 Å². The van der Waals surface area contributed by atoms with Crippen LogP contribution in [0.3, 0.4) is 0 Å². The Hall–Kier alpha value is -0.820. The third kappa shape index (κ3) is 2.82. The van der Waals surface area contributed by atoms with Crippen LogP contribution in [0, 0.1) is 0 Å². The van der Waals surface area contributed by atoms with Crippen LogP contribution in [0.4, 0.5) is 0 Å². The number of rotatable bonds is 3. The largest absolute Gasteiger partial charge is 0.299 e. The van der Waals surface area contributed by atoms with Gasteiger partial charge in [0.15, 0.2) is 0 Å². The maximum Gasteiger partial charge on any atom is 0.0233 e. The van der Waals surface area contributed by atoms with Gasteiger partial charge in [-0.05, 0) is 43.0 Å². The lowest BCUT2D eigenvalue weighted by Crippen LogP contribution is -2.18. The van der Waals surface area contributed by atoms with Crippen LogP contribution < -0.4 is 0 Å². The van der Waals surface area contributed by atoms with Crippen LogP contribution in [-0.4, -0.2) is 18.0 Å². The van der Waals surface area contributed by atoms with Crippen molar-refractivity contribution < 1.29 is 0 Å². The number of nitrogens with zero attached hydrogens (tertiary/aromatic N) is 1. The van der Waals surface area contributed by atoms with Gasteiger partial charge >= 0.3 is 0 Å². The first-order valence-corrected chi connectivity index (χ1v) is 6.07. The molecule has 0 aliphatic carbocycles. The summed E-state index contributed by atoms with van der Waals surface area (Å²) < 4.78 is 0. The number of likely N-dealkylation sites (tertiary alicyclic amines) is 1. The Morgan fingerprint density at radius 1 is 1.07 bits per heavy atom. The van der Waals surface area contributed by atoms with Crippen LogP contribution in [0.1, 0.15) is 43.7 Å². The molecule has 1 aromatic rings. The molecule has 0 saturated carbocycles. The van der Waals surface area contributed by atoms with E-state index in [0.29, 0.717) is 5.92 Å². The van der Waals surface area contributed by atoms with E-state index in [1.165, 1.54) is 37.1 Å². The summed E-state index contributed by atoms with van der Waals surface area (Å²) in [7, 11) is 0. The molecule has 0 spiro atoms. The van der Waals surface area contributed by atoms with E-state index in [1.807, 2.05) is 0 Å². The standard InChI is InChI=1S/C14H21N/c1-12(2)14-7-5-13(6-8-14)11-15-9-3-4-10-15/h5-8,12H,3-4,9-11H2,1-2H3. The molecule has 1 heterocycles. The van der Waals surface area contributed by atoms with Crippen LogP contribution in [0.2, 0.25) is 0 Å². The van der Waals surface area contributed by atoms with Crippen LogP contribution in [0.25, 0.3) is 0 Å². The molecular formula is C14H21N. The van der Waals surface area contributed by atoms with Gasteiger partial charge in [-0.3, -0.25) is 4.90 Å². The summed E-state index contributed by atoms with van der Waals surface area (Å²) in [6.45, 7) is 8.20. The average Bonchev–Trinajstić information content (AvgIpc) is 2.71. The fourth-order valence-corrected chi connectivity index (χ4v) is 2.21. The maximum absolute atomic E-state index is 2.55. The van der Waals surface area contributed by atoms with Crippen molar-refractivity contribution in [1.29, 1.82) is 0 Å². The molecule has 1 aliphatic rings. The minimum Gasteiger partial charge on any atom is -0.299 e. The van der Waals surface area contributed by atoms with E-state index < -0.39 is 0 Å². The second-order valence-corrected chi connectivity index (χ2v) is 4.88. The maximum atomic E-state index is 2.55. The third-order valence-corrected chi connectivity index (χ3v) is 3.25. The monoisotopic (exact) mass is 203 g/mol. The van der Waals surface area contributed by atoms with Gasteiger partial charge in [0, 0.05) is 6.54 Å². The molecule has 0 unspecified atom stereocenters. The molecule has 15 heavy (non-hydrogen) atoms. The topological polar surface area (TPSA) is 3.24 Å². The first-order chi connectivity index (χ1) is 7.25. The number of hydrogen-bond donors (Lipinski definition) is 0. The van der Waals surface area contributed by atoms with Gasteiger partial charge in [-0.2, -0.15) is 0 Å². The van der Waals surface area contributed by atoms with Crippen LogP contribution in [-0.2, 0) is 6.54 Å². The van der Waals surface area contributed by atoms with Gasteiger partial charge in [0.1, 0.15) is 0 Å². The highest BCUT2D eigenvalue weighted by atomic mass is 15.1. The molecule has 0 radical (unpaired) electrons. The first-order valence-electron chi connectivity index (χ1n) is 6.07. The summed E-state index contributed by atoms with van der Waals surface area (Å²) in [6.07, 6.45) is 2.76. The van der Waals surface area contributed by atoms with Crippen molar-refractivity contribution in [1.82, 2.24) is 4.90 Å². The van der Waals surface area contributed by atoms with Gasteiger partial charge in [-0.25, -0.2) is 0 Å². The van der Waals surface area contributed by atoms with Gasteiger partial charge < -0.3 is 0 Å². The van der Waals surface area contributed by atoms with E-state index in [1.54, 1.807) is 0 Å². The molecule has 1 saturated heterocycles. The SMILES string of the molecule is CC(C)c1ccc(CN2CCCC2)cc1. The minimum atomic E-state index is 0.644. The van der Waals surface area contributed by atoms with Crippen LogP contribution >= 0.6 is 0 Å². The predicted molar refractivity (Wildman–Crippen MR) is 65.0 cm³/mol. The van der Waals surface area contributed by atoms with E-state index >= 15 is 0 Å². The summed E-state index contributed by atoms with van der Waals surface area (Å²) in [4.78, 5) is 2.55. The molecular weight excluding hydrogens is 182 g/mol. The zero-order valence-corrected chi connectivity index (χ0v) is 9.87. The lowest BCUT2D eigenvalue weighted by Gasteiger charge is -2.15. The lowest BCUT2D eigenvalue weighted by molar-refractivity contribution is 0.331. The normalized spacial score (nSPS) is 17.5. The van der Waals surface area contributed by atoms with Crippen molar-refractivity contribution in [3.8, 4) is 0 Å². The van der Waals surface area contributed by atoms with Gasteiger partial charge in [0.25, 0.3) is 0 Å². The Morgan fingerprint density at radius 2 is 1.67 bits per heavy atom. The molecule has 1 fully saturated rings. The summed E-state index contributed by atoms with van der Waals surface area (Å²) in [6, 6.07) is 9.12. The molecule has 82 valence electrons. The van der Waals surface area contributed by atoms with Gasteiger partial charge in [-0.15, -0.1) is 0 Å². The Bertz CT molecular complexity index is 294. The summed E-state index contributed by atoms with van der Waals surface area (Å²) in [5.41, 5.74) is 2.90. The Labute approximate surface area is 93.1 Å². The summed E-state index contributed by atoms with van der Waals surface area (Å²) in [5.74, 6) is 0.644. The fourth-order valence-electron chi connectivity index (χ4n) is 2.21. The highest BCUT2D eigenvalue weighted by molar-refractivity contribution is 5.24. The molecule has 1 aromatic carbocycles. The minimum absolute atomic E-state index is 0.644. The number of benzene rings is 1. The highest BCUT2D eigenvalue weighted by Gasteiger charge is 2.11. The quantitative estimate of drug-likeness (QED) is 0.727. The Morgan fingerprint density at radius 3 is 2.20 bits per heavy atom. The van der Waals surface area contributed by atoms with E-state index in [4.69, 9.17) is 0 Å². The zero-order chi connectivity index (χ0) is 10.7. The van der Waals surface area contributed by atoms with Crippen LogP contribution in [0.5, 0.6) is 0 Å². The molecule has 1 aliphatic heterocycles. The van der Waals surface area contributed by atoms with E-state index in [9.17, 15) is 0 Å². The molecule has 0 bridgehead atoms. The number of hydrogen-bond acceptors (Lipinski definition) is 1. The average molecular weight is 203 g/mol. The second kappa shape index (κ2) is 4.80. The smallest absolute Gasteiger partial charge is 0.0233 e. The molecule has 2 rings (SSSR count).